The highest BCUT2D eigenvalue weighted by Crippen LogP contribution is 2.38. The maximum Gasteiger partial charge on any atom is 0.193 e. The molecule has 3 rings (SSSR count). The van der Waals surface area contributed by atoms with E-state index in [0.29, 0.717) is 17.4 Å². The second-order valence-corrected chi connectivity index (χ2v) is 8.46. The molecule has 3 fully saturated rings. The molecule has 3 aliphatic heterocycles. The van der Waals surface area contributed by atoms with E-state index in [1.54, 1.807) is 0 Å². The average molecular weight is 381 g/mol. The lowest BCUT2D eigenvalue weighted by atomic mass is 9.87. The Morgan fingerprint density at radius 3 is 2.44 bits per heavy atom. The minimum Gasteiger partial charge on any atom is -0.381 e. The van der Waals surface area contributed by atoms with Crippen LogP contribution in [0.3, 0.4) is 0 Å². The van der Waals surface area contributed by atoms with E-state index in [0.717, 1.165) is 71.7 Å². The smallest absolute Gasteiger partial charge is 0.193 e. The Morgan fingerprint density at radius 2 is 1.81 bits per heavy atom. The van der Waals surface area contributed by atoms with Gasteiger partial charge in [-0.2, -0.15) is 0 Å². The number of morpholine rings is 1. The van der Waals surface area contributed by atoms with Gasteiger partial charge >= 0.3 is 0 Å². The number of likely N-dealkylation sites (tertiary alicyclic amines) is 1. The van der Waals surface area contributed by atoms with E-state index in [1.807, 2.05) is 0 Å². The van der Waals surface area contributed by atoms with E-state index in [1.165, 1.54) is 25.7 Å². The van der Waals surface area contributed by atoms with Crippen molar-refractivity contribution in [2.45, 2.75) is 52.5 Å². The van der Waals surface area contributed by atoms with Crippen molar-refractivity contribution >= 4 is 5.96 Å². The first-order chi connectivity index (χ1) is 13.2. The van der Waals surface area contributed by atoms with Gasteiger partial charge in [0.15, 0.2) is 5.96 Å². The Labute approximate surface area is 165 Å². The Kier molecular flexibility index (Phi) is 7.79. The highest BCUT2D eigenvalue weighted by atomic mass is 16.5. The minimum absolute atomic E-state index is 0.370. The Hall–Kier alpha value is -0.850. The molecule has 2 atom stereocenters. The molecule has 3 heterocycles. The number of ether oxygens (including phenoxy) is 2. The van der Waals surface area contributed by atoms with Crippen LogP contribution >= 0.6 is 0 Å². The number of hydrogen-bond acceptors (Lipinski definition) is 4. The lowest BCUT2D eigenvalue weighted by Crippen LogP contribution is -2.49. The van der Waals surface area contributed by atoms with Crippen LogP contribution in [-0.2, 0) is 9.47 Å². The Balaban J connectivity index is 1.68. The van der Waals surface area contributed by atoms with Crippen LogP contribution in [0.5, 0.6) is 0 Å². The summed E-state index contributed by atoms with van der Waals surface area (Å²) in [6, 6.07) is 0.518. The molecule has 3 aliphatic rings. The van der Waals surface area contributed by atoms with Crippen LogP contribution in [0.2, 0.25) is 0 Å². The van der Waals surface area contributed by atoms with E-state index in [9.17, 15) is 0 Å². The van der Waals surface area contributed by atoms with Crippen LogP contribution in [0.1, 0.15) is 46.5 Å². The van der Waals surface area contributed by atoms with Crippen molar-refractivity contribution in [2.75, 3.05) is 65.7 Å². The fraction of sp³-hybridized carbons (Fsp3) is 0.952. The zero-order chi connectivity index (χ0) is 19.1. The molecule has 0 amide bonds. The van der Waals surface area contributed by atoms with E-state index < -0.39 is 0 Å². The van der Waals surface area contributed by atoms with Gasteiger partial charge in [0.1, 0.15) is 0 Å². The maximum absolute atomic E-state index is 5.70. The molecular formula is C21H40N4O2. The van der Waals surface area contributed by atoms with Crippen LogP contribution in [0.15, 0.2) is 4.99 Å². The highest BCUT2D eigenvalue weighted by Gasteiger charge is 2.42. The molecule has 1 N–H and O–H groups in total. The van der Waals surface area contributed by atoms with Crippen molar-refractivity contribution in [3.63, 3.8) is 0 Å². The van der Waals surface area contributed by atoms with Crippen LogP contribution < -0.4 is 5.32 Å². The van der Waals surface area contributed by atoms with Gasteiger partial charge in [-0.15, -0.1) is 0 Å². The molecule has 1 spiro atoms. The summed E-state index contributed by atoms with van der Waals surface area (Å²) in [6.07, 6.45) is 4.87. The van der Waals surface area contributed by atoms with Gasteiger partial charge in [0.05, 0.1) is 26.4 Å². The van der Waals surface area contributed by atoms with E-state index in [4.69, 9.17) is 14.5 Å². The van der Waals surface area contributed by atoms with Crippen molar-refractivity contribution in [3.05, 3.63) is 0 Å². The Bertz CT molecular complexity index is 469. The fourth-order valence-electron chi connectivity index (χ4n) is 5.00. The standard InChI is InChI=1S/C21H40N4O2/c1-4-18(5-2)19(24-10-13-26-14-11-24)15-23-20(22-6-3)25-9-7-21(16-25)8-12-27-17-21/h18-19H,4-17H2,1-3H3,(H,22,23). The van der Waals surface area contributed by atoms with Gasteiger partial charge in [0, 0.05) is 50.8 Å². The normalized spacial score (nSPS) is 28.4. The van der Waals surface area contributed by atoms with Crippen molar-refractivity contribution in [2.24, 2.45) is 16.3 Å². The van der Waals surface area contributed by atoms with Crippen molar-refractivity contribution in [1.82, 2.24) is 15.1 Å². The zero-order valence-electron chi connectivity index (χ0n) is 17.7. The summed E-state index contributed by atoms with van der Waals surface area (Å²) >= 11 is 0. The molecule has 27 heavy (non-hydrogen) atoms. The van der Waals surface area contributed by atoms with E-state index in [-0.39, 0.29) is 0 Å². The lowest BCUT2D eigenvalue weighted by molar-refractivity contribution is 0.00391. The number of aliphatic imine (C=N–C) groups is 1. The third kappa shape index (κ3) is 5.15. The van der Waals surface area contributed by atoms with Gasteiger partial charge in [0.25, 0.3) is 0 Å². The predicted molar refractivity (Wildman–Crippen MR) is 110 cm³/mol. The van der Waals surface area contributed by atoms with Gasteiger partial charge in [-0.1, -0.05) is 26.7 Å². The molecule has 0 aromatic heterocycles. The van der Waals surface area contributed by atoms with Crippen LogP contribution in [0, 0.1) is 11.3 Å². The molecule has 0 saturated carbocycles. The topological polar surface area (TPSA) is 49.3 Å². The second kappa shape index (κ2) is 10.1. The number of nitrogens with one attached hydrogen (secondary N) is 1. The first-order valence-electron chi connectivity index (χ1n) is 11.1. The zero-order valence-corrected chi connectivity index (χ0v) is 17.7. The SMILES string of the molecule is CCNC(=NCC(C(CC)CC)N1CCOCC1)N1CCC2(CCOC2)C1. The summed E-state index contributed by atoms with van der Waals surface area (Å²) in [5.74, 6) is 1.80. The van der Waals surface area contributed by atoms with Crippen LogP contribution in [-0.4, -0.2) is 87.5 Å². The van der Waals surface area contributed by atoms with Gasteiger partial charge in [0.2, 0.25) is 0 Å². The van der Waals surface area contributed by atoms with Crippen LogP contribution in [0.4, 0.5) is 0 Å². The van der Waals surface area contributed by atoms with Crippen molar-refractivity contribution in [1.29, 1.82) is 0 Å². The van der Waals surface area contributed by atoms with Gasteiger partial charge in [-0.3, -0.25) is 9.89 Å². The molecule has 0 aliphatic carbocycles. The number of rotatable bonds is 7. The van der Waals surface area contributed by atoms with Gasteiger partial charge in [-0.05, 0) is 25.7 Å². The lowest BCUT2D eigenvalue weighted by Gasteiger charge is -2.38. The summed E-state index contributed by atoms with van der Waals surface area (Å²) in [7, 11) is 0. The summed E-state index contributed by atoms with van der Waals surface area (Å²) in [5.41, 5.74) is 0.370. The predicted octanol–water partition coefficient (Wildman–Crippen LogP) is 2.20. The van der Waals surface area contributed by atoms with Gasteiger partial charge < -0.3 is 19.7 Å². The van der Waals surface area contributed by atoms with Crippen molar-refractivity contribution < 1.29 is 9.47 Å². The quantitative estimate of drug-likeness (QED) is 0.542. The number of hydrogen-bond donors (Lipinski definition) is 1. The second-order valence-electron chi connectivity index (χ2n) is 8.46. The summed E-state index contributed by atoms with van der Waals surface area (Å²) in [4.78, 5) is 10.2. The first kappa shape index (κ1) is 20.9. The highest BCUT2D eigenvalue weighted by molar-refractivity contribution is 5.80. The molecule has 156 valence electrons. The third-order valence-electron chi connectivity index (χ3n) is 6.79. The summed E-state index contributed by atoms with van der Waals surface area (Å²) < 4.78 is 11.3. The molecule has 0 radical (unpaired) electrons. The molecule has 6 heteroatoms. The third-order valence-corrected chi connectivity index (χ3v) is 6.79. The van der Waals surface area contributed by atoms with E-state index >= 15 is 0 Å². The van der Waals surface area contributed by atoms with Crippen molar-refractivity contribution in [3.8, 4) is 0 Å². The minimum atomic E-state index is 0.370. The Morgan fingerprint density at radius 1 is 1.04 bits per heavy atom. The average Bonchev–Trinajstić information content (AvgIpc) is 3.35. The molecule has 6 nitrogen and oxygen atoms in total. The largest absolute Gasteiger partial charge is 0.381 e. The number of guanidine groups is 1. The first-order valence-corrected chi connectivity index (χ1v) is 11.1. The molecule has 2 unspecified atom stereocenters. The molecule has 3 saturated heterocycles. The molecule has 0 bridgehead atoms. The van der Waals surface area contributed by atoms with Crippen LogP contribution in [0.25, 0.3) is 0 Å². The summed E-state index contributed by atoms with van der Waals surface area (Å²) in [6.45, 7) is 16.4. The molecule has 0 aromatic carbocycles. The fourth-order valence-corrected chi connectivity index (χ4v) is 5.00. The maximum atomic E-state index is 5.70. The number of nitrogens with zero attached hydrogens (tertiary/aromatic N) is 3. The van der Waals surface area contributed by atoms with Gasteiger partial charge in [-0.25, -0.2) is 0 Å². The molecular weight excluding hydrogens is 340 g/mol. The monoisotopic (exact) mass is 380 g/mol. The van der Waals surface area contributed by atoms with E-state index in [2.05, 4.69) is 35.9 Å². The summed E-state index contributed by atoms with van der Waals surface area (Å²) in [5, 5.41) is 3.56. The molecule has 0 aromatic rings.